The summed E-state index contributed by atoms with van der Waals surface area (Å²) in [7, 11) is 2.13. The Morgan fingerprint density at radius 1 is 1.03 bits per heavy atom. The van der Waals surface area contributed by atoms with Gasteiger partial charge in [0.25, 0.3) is 5.91 Å². The fourth-order valence-corrected chi connectivity index (χ4v) is 4.18. The van der Waals surface area contributed by atoms with Crippen LogP contribution in [-0.4, -0.2) is 72.0 Å². The van der Waals surface area contributed by atoms with E-state index < -0.39 is 0 Å². The largest absolute Gasteiger partial charge is 0.353 e. The summed E-state index contributed by atoms with van der Waals surface area (Å²) in [5.74, 6) is 1.50. The van der Waals surface area contributed by atoms with Crippen LogP contribution in [0.15, 0.2) is 42.5 Å². The van der Waals surface area contributed by atoms with E-state index in [-0.39, 0.29) is 5.91 Å². The number of carbonyl (C=O) groups is 1. The fraction of sp³-hybridized carbons (Fsp3) is 0.375. The van der Waals surface area contributed by atoms with Crippen LogP contribution in [0.3, 0.4) is 0 Å². The van der Waals surface area contributed by atoms with E-state index in [4.69, 9.17) is 21.6 Å². The molecule has 0 aliphatic carbocycles. The number of amides is 1. The number of piperazine rings is 1. The zero-order valence-electron chi connectivity index (χ0n) is 18.3. The summed E-state index contributed by atoms with van der Waals surface area (Å²) in [5, 5.41) is 1.53. The Hall–Kier alpha value is -2.70. The number of likely N-dealkylation sites (N-methyl/N-ethyl adjacent to an activating group) is 1. The first-order valence-corrected chi connectivity index (χ1v) is 11.2. The van der Waals surface area contributed by atoms with Crippen LogP contribution in [0.1, 0.15) is 24.2 Å². The van der Waals surface area contributed by atoms with Crippen molar-refractivity contribution in [3.8, 4) is 11.4 Å². The summed E-state index contributed by atoms with van der Waals surface area (Å²) in [6.45, 7) is 9.03. The first-order valence-electron chi connectivity index (χ1n) is 10.8. The molecule has 7 heteroatoms. The summed E-state index contributed by atoms with van der Waals surface area (Å²) in [5.41, 5.74) is 2.29. The zero-order valence-corrected chi connectivity index (χ0v) is 19.1. The molecule has 0 spiro atoms. The van der Waals surface area contributed by atoms with Crippen LogP contribution in [0.25, 0.3) is 22.3 Å². The van der Waals surface area contributed by atoms with Crippen molar-refractivity contribution < 1.29 is 4.79 Å². The average molecular weight is 438 g/mol. The first-order chi connectivity index (χ1) is 15.0. The van der Waals surface area contributed by atoms with Crippen LogP contribution in [0.2, 0.25) is 5.02 Å². The molecule has 0 radical (unpaired) electrons. The SMILES string of the molecule is CCN(CC)C(=O)c1ccc2nc(-c3ccccc3Cl)nc(N3CCN(C)CC3)c2c1. The van der Waals surface area contributed by atoms with Gasteiger partial charge in [0.2, 0.25) is 0 Å². The molecular formula is C24H28ClN5O. The summed E-state index contributed by atoms with van der Waals surface area (Å²) in [4.78, 5) is 29.1. The molecule has 2 heterocycles. The van der Waals surface area contributed by atoms with Crippen LogP contribution in [-0.2, 0) is 0 Å². The van der Waals surface area contributed by atoms with Gasteiger partial charge in [-0.05, 0) is 51.2 Å². The van der Waals surface area contributed by atoms with E-state index >= 15 is 0 Å². The van der Waals surface area contributed by atoms with Gasteiger partial charge in [-0.1, -0.05) is 23.7 Å². The number of hydrogen-bond acceptors (Lipinski definition) is 5. The van der Waals surface area contributed by atoms with Gasteiger partial charge in [-0.15, -0.1) is 0 Å². The third-order valence-electron chi connectivity index (χ3n) is 5.89. The molecule has 1 aliphatic rings. The summed E-state index contributed by atoms with van der Waals surface area (Å²) in [6, 6.07) is 13.4. The molecule has 0 unspecified atom stereocenters. The number of aromatic nitrogens is 2. The highest BCUT2D eigenvalue weighted by molar-refractivity contribution is 6.33. The number of nitrogens with zero attached hydrogens (tertiary/aromatic N) is 5. The molecule has 1 fully saturated rings. The van der Waals surface area contributed by atoms with Crippen molar-refractivity contribution in [2.24, 2.45) is 0 Å². The molecule has 1 aliphatic heterocycles. The van der Waals surface area contributed by atoms with Gasteiger partial charge in [0.05, 0.1) is 10.5 Å². The van der Waals surface area contributed by atoms with E-state index in [9.17, 15) is 4.79 Å². The Morgan fingerprint density at radius 3 is 2.42 bits per heavy atom. The summed E-state index contributed by atoms with van der Waals surface area (Å²) < 4.78 is 0. The Morgan fingerprint density at radius 2 is 1.74 bits per heavy atom. The monoisotopic (exact) mass is 437 g/mol. The minimum atomic E-state index is 0.0337. The maximum atomic E-state index is 13.0. The molecule has 1 saturated heterocycles. The highest BCUT2D eigenvalue weighted by atomic mass is 35.5. The van der Waals surface area contributed by atoms with Gasteiger partial charge in [0.1, 0.15) is 5.82 Å². The van der Waals surface area contributed by atoms with Crippen molar-refractivity contribution in [3.05, 3.63) is 53.1 Å². The summed E-state index contributed by atoms with van der Waals surface area (Å²) >= 11 is 6.45. The molecular weight excluding hydrogens is 410 g/mol. The second-order valence-corrected chi connectivity index (χ2v) is 8.26. The minimum absolute atomic E-state index is 0.0337. The number of rotatable bonds is 5. The van der Waals surface area contributed by atoms with Gasteiger partial charge >= 0.3 is 0 Å². The van der Waals surface area contributed by atoms with Crippen LogP contribution >= 0.6 is 11.6 Å². The molecule has 1 amide bonds. The van der Waals surface area contributed by atoms with Crippen molar-refractivity contribution in [2.75, 3.05) is 51.2 Å². The van der Waals surface area contributed by atoms with Gasteiger partial charge in [0, 0.05) is 55.8 Å². The molecule has 31 heavy (non-hydrogen) atoms. The smallest absolute Gasteiger partial charge is 0.253 e. The lowest BCUT2D eigenvalue weighted by atomic mass is 10.1. The van der Waals surface area contributed by atoms with Gasteiger partial charge in [-0.2, -0.15) is 0 Å². The highest BCUT2D eigenvalue weighted by Gasteiger charge is 2.22. The van der Waals surface area contributed by atoms with E-state index in [1.54, 1.807) is 0 Å². The second kappa shape index (κ2) is 9.20. The molecule has 0 saturated carbocycles. The average Bonchev–Trinajstić information content (AvgIpc) is 2.79. The van der Waals surface area contributed by atoms with Crippen molar-refractivity contribution in [1.82, 2.24) is 19.8 Å². The number of anilines is 1. The molecule has 4 rings (SSSR count). The number of halogens is 1. The molecule has 0 bridgehead atoms. The Balaban J connectivity index is 1.86. The third kappa shape index (κ3) is 4.36. The number of hydrogen-bond donors (Lipinski definition) is 0. The van der Waals surface area contributed by atoms with Gasteiger partial charge in [0.15, 0.2) is 5.82 Å². The van der Waals surface area contributed by atoms with E-state index in [1.807, 2.05) is 61.2 Å². The van der Waals surface area contributed by atoms with E-state index in [1.165, 1.54) is 0 Å². The normalized spacial score (nSPS) is 14.8. The number of fused-ring (bicyclic) bond motifs is 1. The van der Waals surface area contributed by atoms with Gasteiger partial charge in [-0.25, -0.2) is 9.97 Å². The molecule has 162 valence electrons. The predicted molar refractivity (Wildman–Crippen MR) is 127 cm³/mol. The van der Waals surface area contributed by atoms with Gasteiger partial charge < -0.3 is 14.7 Å². The number of carbonyl (C=O) groups excluding carboxylic acids is 1. The predicted octanol–water partition coefficient (Wildman–Crippen LogP) is 4.18. The molecule has 2 aromatic carbocycles. The van der Waals surface area contributed by atoms with Crippen molar-refractivity contribution >= 4 is 34.2 Å². The van der Waals surface area contributed by atoms with Crippen LogP contribution in [0.5, 0.6) is 0 Å². The van der Waals surface area contributed by atoms with Crippen LogP contribution in [0, 0.1) is 0 Å². The second-order valence-electron chi connectivity index (χ2n) is 7.85. The van der Waals surface area contributed by atoms with E-state index in [0.29, 0.717) is 29.5 Å². The molecule has 1 aromatic heterocycles. The topological polar surface area (TPSA) is 52.6 Å². The fourth-order valence-electron chi connectivity index (χ4n) is 3.96. The quantitative estimate of drug-likeness (QED) is 0.599. The molecule has 6 nitrogen and oxygen atoms in total. The molecule has 3 aromatic rings. The summed E-state index contributed by atoms with van der Waals surface area (Å²) in [6.07, 6.45) is 0. The lowest BCUT2D eigenvalue weighted by Gasteiger charge is -2.34. The van der Waals surface area contributed by atoms with Crippen LogP contribution < -0.4 is 4.90 Å². The van der Waals surface area contributed by atoms with Crippen molar-refractivity contribution in [1.29, 1.82) is 0 Å². The van der Waals surface area contributed by atoms with Gasteiger partial charge in [-0.3, -0.25) is 4.79 Å². The van der Waals surface area contributed by atoms with Crippen LogP contribution in [0.4, 0.5) is 5.82 Å². The standard InChI is InChI=1S/C24H28ClN5O/c1-4-29(5-2)24(31)17-10-11-21-19(16-17)23(30-14-12-28(3)13-15-30)27-22(26-21)18-8-6-7-9-20(18)25/h6-11,16H,4-5,12-15H2,1-3H3. The Bertz CT molecular complexity index is 1090. The lowest BCUT2D eigenvalue weighted by Crippen LogP contribution is -2.45. The molecule has 0 atom stereocenters. The van der Waals surface area contributed by atoms with E-state index in [0.717, 1.165) is 48.5 Å². The highest BCUT2D eigenvalue weighted by Crippen LogP contribution is 2.32. The number of benzene rings is 2. The maximum absolute atomic E-state index is 13.0. The Labute approximate surface area is 188 Å². The minimum Gasteiger partial charge on any atom is -0.353 e. The first kappa shape index (κ1) is 21.5. The zero-order chi connectivity index (χ0) is 22.0. The third-order valence-corrected chi connectivity index (χ3v) is 6.22. The lowest BCUT2D eigenvalue weighted by molar-refractivity contribution is 0.0773. The Kier molecular flexibility index (Phi) is 6.39. The van der Waals surface area contributed by atoms with Crippen molar-refractivity contribution in [3.63, 3.8) is 0 Å². The molecule has 0 N–H and O–H groups in total. The maximum Gasteiger partial charge on any atom is 0.253 e. The van der Waals surface area contributed by atoms with E-state index in [2.05, 4.69) is 16.8 Å². The van der Waals surface area contributed by atoms with Crippen molar-refractivity contribution in [2.45, 2.75) is 13.8 Å².